The minimum Gasteiger partial charge on any atom is -0.232 e. The van der Waals surface area contributed by atoms with Crippen molar-refractivity contribution in [3.05, 3.63) is 23.3 Å². The summed E-state index contributed by atoms with van der Waals surface area (Å²) in [4.78, 5) is 3.74. The molecule has 0 radical (unpaired) electrons. The number of aromatic nitrogens is 1. The summed E-state index contributed by atoms with van der Waals surface area (Å²) in [5, 5.41) is 0. The summed E-state index contributed by atoms with van der Waals surface area (Å²) < 4.78 is 26.1. The van der Waals surface area contributed by atoms with E-state index in [2.05, 4.69) is 11.6 Å². The third-order valence-electron chi connectivity index (χ3n) is 1.90. The van der Waals surface area contributed by atoms with E-state index < -0.39 is 10.0 Å². The first-order valence-electron chi connectivity index (χ1n) is 4.63. The second-order valence-corrected chi connectivity index (χ2v) is 7.12. The Labute approximate surface area is 105 Å². The van der Waals surface area contributed by atoms with Crippen molar-refractivity contribution >= 4 is 33.0 Å². The Morgan fingerprint density at radius 2 is 2.31 bits per heavy atom. The number of halogens is 1. The quantitative estimate of drug-likeness (QED) is 0.778. The van der Waals surface area contributed by atoms with Crippen LogP contribution in [0.1, 0.15) is 13.8 Å². The predicted octanol–water partition coefficient (Wildman–Crippen LogP) is 2.38. The van der Waals surface area contributed by atoms with Crippen LogP contribution in [0.4, 0.5) is 0 Å². The SMILES string of the molecule is C=CCN(C(C)C)S(=O)(=O)c1cnc(Cl)s1. The summed E-state index contributed by atoms with van der Waals surface area (Å²) in [5.74, 6) is 0. The number of nitrogens with zero attached hydrogens (tertiary/aromatic N) is 2. The van der Waals surface area contributed by atoms with Gasteiger partial charge in [0.15, 0.2) is 8.68 Å². The summed E-state index contributed by atoms with van der Waals surface area (Å²) in [6.07, 6.45) is 2.83. The first kappa shape index (κ1) is 13.6. The highest BCUT2D eigenvalue weighted by molar-refractivity contribution is 7.91. The van der Waals surface area contributed by atoms with Crippen molar-refractivity contribution in [1.29, 1.82) is 0 Å². The van der Waals surface area contributed by atoms with Gasteiger partial charge < -0.3 is 0 Å². The van der Waals surface area contributed by atoms with Crippen molar-refractivity contribution < 1.29 is 8.42 Å². The molecule has 1 aromatic rings. The van der Waals surface area contributed by atoms with Crippen LogP contribution in [-0.4, -0.2) is 30.3 Å². The minimum absolute atomic E-state index is 0.135. The Bertz CT molecular complexity index is 468. The van der Waals surface area contributed by atoms with Crippen LogP contribution < -0.4 is 0 Å². The van der Waals surface area contributed by atoms with Gasteiger partial charge in [0.1, 0.15) is 0 Å². The van der Waals surface area contributed by atoms with Crippen molar-refractivity contribution in [3.63, 3.8) is 0 Å². The van der Waals surface area contributed by atoms with Crippen molar-refractivity contribution in [2.24, 2.45) is 0 Å². The number of rotatable bonds is 5. The molecule has 0 aromatic carbocycles. The summed E-state index contributed by atoms with van der Waals surface area (Å²) >= 11 is 6.59. The van der Waals surface area contributed by atoms with Gasteiger partial charge in [-0.1, -0.05) is 29.0 Å². The van der Waals surface area contributed by atoms with E-state index in [0.29, 0.717) is 0 Å². The van der Waals surface area contributed by atoms with Gasteiger partial charge in [0.25, 0.3) is 10.0 Å². The number of hydrogen-bond acceptors (Lipinski definition) is 4. The van der Waals surface area contributed by atoms with Gasteiger partial charge in [0.2, 0.25) is 0 Å². The van der Waals surface area contributed by atoms with Gasteiger partial charge in [0, 0.05) is 12.6 Å². The molecule has 7 heteroatoms. The molecule has 0 unspecified atom stereocenters. The lowest BCUT2D eigenvalue weighted by atomic mass is 10.4. The standard InChI is InChI=1S/C9H13ClN2O2S2/c1-4-5-12(7(2)3)16(13,14)8-6-11-9(10)15-8/h4,6-7H,1,5H2,2-3H3. The molecule has 1 heterocycles. The number of sulfonamides is 1. The molecule has 0 amide bonds. The van der Waals surface area contributed by atoms with E-state index in [1.54, 1.807) is 6.08 Å². The molecule has 1 aromatic heterocycles. The van der Waals surface area contributed by atoms with Gasteiger partial charge in [0.05, 0.1) is 6.20 Å². The molecular weight excluding hydrogens is 268 g/mol. The lowest BCUT2D eigenvalue weighted by Crippen LogP contribution is -2.36. The van der Waals surface area contributed by atoms with Crippen molar-refractivity contribution in [1.82, 2.24) is 9.29 Å². The van der Waals surface area contributed by atoms with E-state index in [1.165, 1.54) is 10.5 Å². The minimum atomic E-state index is -3.51. The van der Waals surface area contributed by atoms with E-state index in [1.807, 2.05) is 13.8 Å². The molecule has 0 aliphatic rings. The summed E-state index contributed by atoms with van der Waals surface area (Å²) in [5.41, 5.74) is 0. The monoisotopic (exact) mass is 280 g/mol. The zero-order valence-electron chi connectivity index (χ0n) is 9.05. The molecule has 0 aliphatic heterocycles. The van der Waals surface area contributed by atoms with Crippen molar-refractivity contribution in [3.8, 4) is 0 Å². The fraction of sp³-hybridized carbons (Fsp3) is 0.444. The Kier molecular flexibility index (Phi) is 4.49. The summed E-state index contributed by atoms with van der Waals surface area (Å²) in [6, 6.07) is -0.135. The summed E-state index contributed by atoms with van der Waals surface area (Å²) in [6.45, 7) is 7.44. The topological polar surface area (TPSA) is 50.3 Å². The molecule has 0 fully saturated rings. The maximum absolute atomic E-state index is 12.2. The molecule has 4 nitrogen and oxygen atoms in total. The van der Waals surface area contributed by atoms with Crippen LogP contribution in [0.2, 0.25) is 4.47 Å². The van der Waals surface area contributed by atoms with Crippen molar-refractivity contribution in [2.45, 2.75) is 24.1 Å². The first-order valence-corrected chi connectivity index (χ1v) is 7.27. The Morgan fingerprint density at radius 1 is 1.69 bits per heavy atom. The zero-order chi connectivity index (χ0) is 12.3. The molecule has 1 rings (SSSR count). The molecule has 0 atom stereocenters. The van der Waals surface area contributed by atoms with Gasteiger partial charge in [-0.05, 0) is 13.8 Å². The molecule has 0 spiro atoms. The Balaban J connectivity index is 3.12. The second kappa shape index (κ2) is 5.27. The van der Waals surface area contributed by atoms with Crippen LogP contribution >= 0.6 is 22.9 Å². The zero-order valence-corrected chi connectivity index (χ0v) is 11.4. The Hall–Kier alpha value is -0.430. The largest absolute Gasteiger partial charge is 0.254 e. The fourth-order valence-electron chi connectivity index (χ4n) is 1.19. The smallest absolute Gasteiger partial charge is 0.232 e. The van der Waals surface area contributed by atoms with E-state index in [0.717, 1.165) is 11.3 Å². The van der Waals surface area contributed by atoms with Gasteiger partial charge in [-0.15, -0.1) is 6.58 Å². The van der Waals surface area contributed by atoms with E-state index >= 15 is 0 Å². The first-order chi connectivity index (χ1) is 7.39. The third kappa shape index (κ3) is 2.82. The Morgan fingerprint density at radius 3 is 2.69 bits per heavy atom. The second-order valence-electron chi connectivity index (χ2n) is 3.39. The van der Waals surface area contributed by atoms with Crippen LogP contribution in [0.15, 0.2) is 23.1 Å². The normalized spacial score (nSPS) is 12.3. The molecule has 0 saturated carbocycles. The van der Waals surface area contributed by atoms with Crippen LogP contribution in [0, 0.1) is 0 Å². The van der Waals surface area contributed by atoms with Crippen LogP contribution in [0.25, 0.3) is 0 Å². The van der Waals surface area contributed by atoms with Gasteiger partial charge >= 0.3 is 0 Å². The van der Waals surface area contributed by atoms with Gasteiger partial charge in [-0.3, -0.25) is 0 Å². The maximum atomic E-state index is 12.2. The van der Waals surface area contributed by atoms with Crippen LogP contribution in [0.3, 0.4) is 0 Å². The van der Waals surface area contributed by atoms with E-state index in [-0.39, 0.29) is 21.3 Å². The highest BCUT2D eigenvalue weighted by Crippen LogP contribution is 2.26. The van der Waals surface area contributed by atoms with E-state index in [4.69, 9.17) is 11.6 Å². The van der Waals surface area contributed by atoms with Gasteiger partial charge in [-0.2, -0.15) is 4.31 Å². The molecule has 0 saturated heterocycles. The van der Waals surface area contributed by atoms with Crippen LogP contribution in [0.5, 0.6) is 0 Å². The maximum Gasteiger partial charge on any atom is 0.254 e. The van der Waals surface area contributed by atoms with Crippen LogP contribution in [-0.2, 0) is 10.0 Å². The number of thiazole rings is 1. The van der Waals surface area contributed by atoms with Gasteiger partial charge in [-0.25, -0.2) is 13.4 Å². The molecule has 0 N–H and O–H groups in total. The lowest BCUT2D eigenvalue weighted by Gasteiger charge is -2.23. The van der Waals surface area contributed by atoms with E-state index in [9.17, 15) is 8.42 Å². The van der Waals surface area contributed by atoms with Crippen molar-refractivity contribution in [2.75, 3.05) is 6.54 Å². The lowest BCUT2D eigenvalue weighted by molar-refractivity contribution is 0.384. The fourth-order valence-corrected chi connectivity index (χ4v) is 4.22. The summed E-state index contributed by atoms with van der Waals surface area (Å²) in [7, 11) is -3.51. The predicted molar refractivity (Wildman–Crippen MR) is 66.3 cm³/mol. The molecule has 16 heavy (non-hydrogen) atoms. The molecular formula is C9H13ClN2O2S2. The average Bonchev–Trinajstić information content (AvgIpc) is 2.61. The molecule has 0 bridgehead atoms. The molecule has 0 aliphatic carbocycles. The third-order valence-corrected chi connectivity index (χ3v) is 5.50. The molecule has 90 valence electrons. The number of hydrogen-bond donors (Lipinski definition) is 0. The highest BCUT2D eigenvalue weighted by atomic mass is 35.5. The highest BCUT2D eigenvalue weighted by Gasteiger charge is 2.27. The average molecular weight is 281 g/mol.